The lowest BCUT2D eigenvalue weighted by molar-refractivity contribution is -0.153. The molecule has 1 unspecified atom stereocenters. The maximum atomic E-state index is 12.7. The number of aromatic nitrogens is 1. The van der Waals surface area contributed by atoms with Crippen LogP contribution in [0.4, 0.5) is 13.2 Å². The van der Waals surface area contributed by atoms with Gasteiger partial charge in [0.1, 0.15) is 11.5 Å². The van der Waals surface area contributed by atoms with Crippen LogP contribution in [-0.4, -0.2) is 29.5 Å². The van der Waals surface area contributed by atoms with Crippen molar-refractivity contribution in [3.8, 4) is 5.75 Å². The zero-order chi connectivity index (χ0) is 23.3. The van der Waals surface area contributed by atoms with Crippen LogP contribution in [0.2, 0.25) is 5.02 Å². The van der Waals surface area contributed by atoms with Crippen molar-refractivity contribution in [1.82, 2.24) is 10.3 Å². The lowest BCUT2D eigenvalue weighted by Crippen LogP contribution is -2.27. The van der Waals surface area contributed by atoms with Crippen LogP contribution in [0.5, 0.6) is 5.75 Å². The quantitative estimate of drug-likeness (QED) is 0.589. The largest absolute Gasteiger partial charge is 0.483 e. The summed E-state index contributed by atoms with van der Waals surface area (Å²) in [4.78, 5) is 29.0. The molecule has 5 nitrogen and oxygen atoms in total. The summed E-state index contributed by atoms with van der Waals surface area (Å²) < 4.78 is 41.6. The minimum absolute atomic E-state index is 0.0112. The van der Waals surface area contributed by atoms with Gasteiger partial charge in [0, 0.05) is 29.3 Å². The molecule has 2 rings (SSSR count). The van der Waals surface area contributed by atoms with Gasteiger partial charge in [-0.05, 0) is 43.7 Å². The van der Waals surface area contributed by atoms with Crippen LogP contribution in [0.15, 0.2) is 30.3 Å². The lowest BCUT2D eigenvalue weighted by Gasteiger charge is -2.17. The monoisotopic (exact) mass is 456 g/mol. The number of alkyl halides is 3. The van der Waals surface area contributed by atoms with Crippen LogP contribution >= 0.6 is 11.6 Å². The molecule has 1 heterocycles. The van der Waals surface area contributed by atoms with Gasteiger partial charge in [-0.1, -0.05) is 31.5 Å². The van der Waals surface area contributed by atoms with E-state index in [1.807, 2.05) is 0 Å². The summed E-state index contributed by atoms with van der Waals surface area (Å²) in [6.45, 7) is 5.62. The molecule has 1 atom stereocenters. The Kier molecular flexibility index (Phi) is 8.06. The number of benzene rings is 1. The maximum Gasteiger partial charge on any atom is 0.422 e. The number of amides is 1. The molecule has 31 heavy (non-hydrogen) atoms. The Morgan fingerprint density at radius 2 is 1.84 bits per heavy atom. The second-order valence-electron chi connectivity index (χ2n) is 7.58. The Morgan fingerprint density at radius 3 is 2.42 bits per heavy atom. The Balaban J connectivity index is 2.11. The number of halogens is 4. The third-order valence-electron chi connectivity index (χ3n) is 4.46. The number of carbonyl (C=O) groups excluding carboxylic acids is 2. The number of hydrogen-bond acceptors (Lipinski definition) is 4. The molecule has 0 aliphatic carbocycles. The van der Waals surface area contributed by atoms with Gasteiger partial charge in [-0.3, -0.25) is 14.6 Å². The van der Waals surface area contributed by atoms with E-state index in [4.69, 9.17) is 11.6 Å². The van der Waals surface area contributed by atoms with Gasteiger partial charge in [-0.25, -0.2) is 0 Å². The predicted molar refractivity (Wildman–Crippen MR) is 111 cm³/mol. The van der Waals surface area contributed by atoms with Gasteiger partial charge in [-0.15, -0.1) is 0 Å². The highest BCUT2D eigenvalue weighted by molar-refractivity contribution is 6.32. The molecule has 0 aliphatic heterocycles. The van der Waals surface area contributed by atoms with E-state index in [9.17, 15) is 22.8 Å². The molecule has 0 fully saturated rings. The van der Waals surface area contributed by atoms with Crippen molar-refractivity contribution in [1.29, 1.82) is 0 Å². The Hall–Kier alpha value is -2.61. The molecule has 1 aromatic carbocycles. The first kappa shape index (κ1) is 24.7. The van der Waals surface area contributed by atoms with Crippen molar-refractivity contribution in [2.75, 3.05) is 6.61 Å². The van der Waals surface area contributed by atoms with Crippen LogP contribution in [-0.2, 0) is 11.2 Å². The fraction of sp³-hybridized carbons (Fsp3) is 0.409. The third kappa shape index (κ3) is 7.54. The average Bonchev–Trinajstić information content (AvgIpc) is 2.65. The SMILES string of the molecule is Cc1cc(C(=O)NC(C)c2ccc(OCC(F)(F)F)c(Cl)c2)cc(CC(=O)C(C)C)n1. The zero-order valence-corrected chi connectivity index (χ0v) is 18.4. The van der Waals surface area contributed by atoms with Crippen molar-refractivity contribution in [2.24, 2.45) is 5.92 Å². The van der Waals surface area contributed by atoms with Gasteiger partial charge in [-0.2, -0.15) is 13.2 Å². The number of hydrogen-bond donors (Lipinski definition) is 1. The van der Waals surface area contributed by atoms with E-state index < -0.39 is 18.8 Å². The van der Waals surface area contributed by atoms with Crippen LogP contribution in [0.3, 0.4) is 0 Å². The van der Waals surface area contributed by atoms with Gasteiger partial charge >= 0.3 is 6.18 Å². The van der Waals surface area contributed by atoms with Gasteiger partial charge in [0.25, 0.3) is 5.91 Å². The highest BCUT2D eigenvalue weighted by atomic mass is 35.5. The first-order valence-electron chi connectivity index (χ1n) is 9.66. The molecule has 0 radical (unpaired) electrons. The summed E-state index contributed by atoms with van der Waals surface area (Å²) in [5, 5.41) is 2.83. The first-order valence-corrected chi connectivity index (χ1v) is 10.0. The number of Topliss-reactive ketones (excluding diaryl/α,β-unsaturated/α-hetero) is 1. The topological polar surface area (TPSA) is 68.3 Å². The van der Waals surface area contributed by atoms with Crippen molar-refractivity contribution in [3.63, 3.8) is 0 Å². The molecule has 168 valence electrons. The molecule has 0 saturated heterocycles. The van der Waals surface area contributed by atoms with Crippen LogP contribution in [0.25, 0.3) is 0 Å². The minimum Gasteiger partial charge on any atom is -0.483 e. The number of aryl methyl sites for hydroxylation is 1. The molecular weight excluding hydrogens is 433 g/mol. The average molecular weight is 457 g/mol. The standard InChI is InChI=1S/C22H24ClF3N2O3/c1-12(2)19(29)10-17-8-16(7-13(3)27-17)21(30)28-14(4)15-5-6-20(18(23)9-15)31-11-22(24,25)26/h5-9,12,14H,10-11H2,1-4H3,(H,28,30). The normalized spacial score (nSPS) is 12.5. The van der Waals surface area contributed by atoms with Crippen molar-refractivity contribution in [2.45, 2.75) is 46.3 Å². The smallest absolute Gasteiger partial charge is 0.422 e. The maximum absolute atomic E-state index is 12.7. The number of carbonyl (C=O) groups is 2. The molecule has 1 amide bonds. The highest BCUT2D eigenvalue weighted by Crippen LogP contribution is 2.29. The summed E-state index contributed by atoms with van der Waals surface area (Å²) in [7, 11) is 0. The van der Waals surface area contributed by atoms with Crippen LogP contribution < -0.4 is 10.1 Å². The molecule has 1 N–H and O–H groups in total. The second kappa shape index (κ2) is 10.1. The Morgan fingerprint density at radius 1 is 1.16 bits per heavy atom. The summed E-state index contributed by atoms with van der Waals surface area (Å²) in [5.74, 6) is -0.567. The summed E-state index contributed by atoms with van der Waals surface area (Å²) in [5.41, 5.74) is 2.09. The summed E-state index contributed by atoms with van der Waals surface area (Å²) in [6, 6.07) is 7.03. The minimum atomic E-state index is -4.47. The number of nitrogens with one attached hydrogen (secondary N) is 1. The van der Waals surface area contributed by atoms with Crippen LogP contribution in [0, 0.1) is 12.8 Å². The predicted octanol–water partition coefficient (Wildman–Crippen LogP) is 5.24. The Bertz CT molecular complexity index is 962. The lowest BCUT2D eigenvalue weighted by atomic mass is 10.0. The van der Waals surface area contributed by atoms with Crippen molar-refractivity contribution in [3.05, 3.63) is 57.9 Å². The molecular formula is C22H24ClF3N2O3. The summed E-state index contributed by atoms with van der Waals surface area (Å²) in [6.07, 6.45) is -4.32. The van der Waals surface area contributed by atoms with Gasteiger partial charge in [0.2, 0.25) is 0 Å². The second-order valence-corrected chi connectivity index (χ2v) is 7.98. The fourth-order valence-corrected chi connectivity index (χ4v) is 3.01. The number of ether oxygens (including phenoxy) is 1. The molecule has 0 spiro atoms. The number of pyridine rings is 1. The molecule has 9 heteroatoms. The number of rotatable bonds is 8. The molecule has 1 aromatic heterocycles. The Labute approximate surface area is 184 Å². The van der Waals surface area contributed by atoms with E-state index in [1.54, 1.807) is 39.8 Å². The third-order valence-corrected chi connectivity index (χ3v) is 4.76. The molecule has 2 aromatic rings. The molecule has 0 aliphatic rings. The fourth-order valence-electron chi connectivity index (χ4n) is 2.77. The highest BCUT2D eigenvalue weighted by Gasteiger charge is 2.29. The molecule has 0 bridgehead atoms. The number of nitrogens with zero attached hydrogens (tertiary/aromatic N) is 1. The van der Waals surface area contributed by atoms with E-state index in [1.165, 1.54) is 18.2 Å². The van der Waals surface area contributed by atoms with E-state index in [2.05, 4.69) is 15.0 Å². The first-order chi connectivity index (χ1) is 14.4. The van der Waals surface area contributed by atoms with Crippen molar-refractivity contribution < 1.29 is 27.5 Å². The zero-order valence-electron chi connectivity index (χ0n) is 17.6. The van der Waals surface area contributed by atoms with E-state index >= 15 is 0 Å². The van der Waals surface area contributed by atoms with Crippen LogP contribution in [0.1, 0.15) is 54.1 Å². The van der Waals surface area contributed by atoms with E-state index in [-0.39, 0.29) is 34.8 Å². The van der Waals surface area contributed by atoms with Gasteiger partial charge in [0.05, 0.1) is 11.1 Å². The summed E-state index contributed by atoms with van der Waals surface area (Å²) >= 11 is 6.03. The van der Waals surface area contributed by atoms with Crippen molar-refractivity contribution >= 4 is 23.3 Å². The van der Waals surface area contributed by atoms with Gasteiger partial charge < -0.3 is 10.1 Å². The molecule has 0 saturated carbocycles. The van der Waals surface area contributed by atoms with E-state index in [0.29, 0.717) is 22.5 Å². The number of ketones is 1. The van der Waals surface area contributed by atoms with Gasteiger partial charge in [0.15, 0.2) is 6.61 Å². The van der Waals surface area contributed by atoms with E-state index in [0.717, 1.165) is 0 Å².